The largest absolute Gasteiger partial charge is 0.487 e. The van der Waals surface area contributed by atoms with E-state index in [1.807, 2.05) is 0 Å². The number of hydrogen-bond acceptors (Lipinski definition) is 3. The summed E-state index contributed by atoms with van der Waals surface area (Å²) in [5.41, 5.74) is -0.372. The molecule has 2 rings (SSSR count). The van der Waals surface area contributed by atoms with Crippen molar-refractivity contribution in [1.82, 2.24) is 5.32 Å². The summed E-state index contributed by atoms with van der Waals surface area (Å²) in [6.07, 6.45) is 3.90. The molecular weight excluding hydrogens is 276 g/mol. The molecule has 1 aromatic rings. The molecule has 0 saturated heterocycles. The van der Waals surface area contributed by atoms with Crippen LogP contribution in [0, 0.1) is 11.6 Å². The van der Waals surface area contributed by atoms with Crippen LogP contribution in [-0.4, -0.2) is 29.9 Å². The quantitative estimate of drug-likeness (QED) is 0.848. The minimum atomic E-state index is -0.557. The van der Waals surface area contributed by atoms with Crippen molar-refractivity contribution in [1.29, 1.82) is 0 Å². The Bertz CT molecular complexity index is 470. The molecule has 1 aromatic carbocycles. The van der Waals surface area contributed by atoms with Gasteiger partial charge in [-0.25, -0.2) is 8.78 Å². The van der Waals surface area contributed by atoms with E-state index in [0.29, 0.717) is 6.42 Å². The van der Waals surface area contributed by atoms with Gasteiger partial charge in [-0.15, -0.1) is 0 Å². The molecule has 1 fully saturated rings. The lowest BCUT2D eigenvalue weighted by Crippen LogP contribution is -2.53. The Morgan fingerprint density at radius 2 is 2.24 bits per heavy atom. The number of hydrogen-bond donors (Lipinski definition) is 2. The van der Waals surface area contributed by atoms with Crippen molar-refractivity contribution in [3.63, 3.8) is 0 Å². The fourth-order valence-electron chi connectivity index (χ4n) is 2.91. The Balaban J connectivity index is 2.04. The highest BCUT2D eigenvalue weighted by molar-refractivity contribution is 5.25. The van der Waals surface area contributed by atoms with Crippen LogP contribution in [0.25, 0.3) is 0 Å². The lowest BCUT2D eigenvalue weighted by Gasteiger charge is -2.40. The third kappa shape index (κ3) is 4.14. The number of aliphatic hydroxyl groups excluding tert-OH is 1. The monoisotopic (exact) mass is 299 g/mol. The first kappa shape index (κ1) is 16.2. The molecule has 21 heavy (non-hydrogen) atoms. The van der Waals surface area contributed by atoms with E-state index >= 15 is 0 Å². The van der Waals surface area contributed by atoms with E-state index in [1.54, 1.807) is 0 Å². The molecule has 2 atom stereocenters. The summed E-state index contributed by atoms with van der Waals surface area (Å²) < 4.78 is 32.5. The van der Waals surface area contributed by atoms with Gasteiger partial charge in [0.25, 0.3) is 0 Å². The molecule has 2 unspecified atom stereocenters. The Hall–Kier alpha value is -1.20. The summed E-state index contributed by atoms with van der Waals surface area (Å²) in [5.74, 6) is -1.12. The second kappa shape index (κ2) is 7.18. The van der Waals surface area contributed by atoms with Gasteiger partial charge in [0.05, 0.1) is 6.61 Å². The Kier molecular flexibility index (Phi) is 5.53. The number of nitrogens with one attached hydrogen (secondary N) is 1. The summed E-state index contributed by atoms with van der Waals surface area (Å²) in [4.78, 5) is 0. The van der Waals surface area contributed by atoms with Gasteiger partial charge in [0.1, 0.15) is 11.9 Å². The van der Waals surface area contributed by atoms with Crippen LogP contribution in [0.2, 0.25) is 0 Å². The van der Waals surface area contributed by atoms with Crippen LogP contribution in [0.5, 0.6) is 5.75 Å². The van der Waals surface area contributed by atoms with Crippen LogP contribution in [0.3, 0.4) is 0 Å². The van der Waals surface area contributed by atoms with Crippen molar-refractivity contribution in [3.8, 4) is 5.75 Å². The van der Waals surface area contributed by atoms with Gasteiger partial charge in [0.15, 0.2) is 11.6 Å². The Labute approximate surface area is 124 Å². The molecule has 1 aliphatic carbocycles. The molecule has 5 heteroatoms. The van der Waals surface area contributed by atoms with E-state index in [0.717, 1.165) is 50.4 Å². The van der Waals surface area contributed by atoms with Crippen LogP contribution < -0.4 is 10.1 Å². The average Bonchev–Trinajstić information content (AvgIpc) is 2.49. The lowest BCUT2D eigenvalue weighted by atomic mass is 9.80. The minimum Gasteiger partial charge on any atom is -0.487 e. The molecule has 0 radical (unpaired) electrons. The van der Waals surface area contributed by atoms with Crippen LogP contribution in [-0.2, 0) is 0 Å². The number of halogens is 2. The highest BCUT2D eigenvalue weighted by atomic mass is 19.1. The molecule has 2 N–H and O–H groups in total. The van der Waals surface area contributed by atoms with Gasteiger partial charge >= 0.3 is 0 Å². The summed E-state index contributed by atoms with van der Waals surface area (Å²) in [7, 11) is 0. The predicted octanol–water partition coefficient (Wildman–Crippen LogP) is 3.02. The average molecular weight is 299 g/mol. The maximum Gasteiger partial charge on any atom is 0.165 e. The van der Waals surface area contributed by atoms with Gasteiger partial charge in [-0.3, -0.25) is 0 Å². The first-order chi connectivity index (χ1) is 10.1. The van der Waals surface area contributed by atoms with Crippen molar-refractivity contribution < 1.29 is 18.6 Å². The molecule has 0 bridgehead atoms. The topological polar surface area (TPSA) is 41.5 Å². The van der Waals surface area contributed by atoms with Crippen LogP contribution in [0.4, 0.5) is 8.78 Å². The molecule has 3 nitrogen and oxygen atoms in total. The molecule has 0 spiro atoms. The van der Waals surface area contributed by atoms with Crippen LogP contribution in [0.15, 0.2) is 18.2 Å². The molecule has 0 amide bonds. The predicted molar refractivity (Wildman–Crippen MR) is 77.4 cm³/mol. The summed E-state index contributed by atoms with van der Waals surface area (Å²) in [6.45, 7) is 2.91. The van der Waals surface area contributed by atoms with Gasteiger partial charge < -0.3 is 15.2 Å². The Morgan fingerprint density at radius 3 is 2.95 bits per heavy atom. The second-order valence-electron chi connectivity index (χ2n) is 5.78. The summed E-state index contributed by atoms with van der Waals surface area (Å²) >= 11 is 0. The lowest BCUT2D eigenvalue weighted by molar-refractivity contribution is 0.0491. The molecule has 118 valence electrons. The van der Waals surface area contributed by atoms with Gasteiger partial charge in [0, 0.05) is 18.0 Å². The molecular formula is C16H23F2NO2. The van der Waals surface area contributed by atoms with Crippen molar-refractivity contribution in [2.75, 3.05) is 13.2 Å². The maximum absolute atomic E-state index is 13.6. The van der Waals surface area contributed by atoms with E-state index in [4.69, 9.17) is 4.74 Å². The van der Waals surface area contributed by atoms with Gasteiger partial charge in [-0.05, 0) is 44.4 Å². The number of ether oxygens (including phenoxy) is 1. The third-order valence-electron chi connectivity index (χ3n) is 4.04. The molecule has 0 aromatic heterocycles. The highest BCUT2D eigenvalue weighted by Gasteiger charge is 2.36. The van der Waals surface area contributed by atoms with Gasteiger partial charge in [-0.1, -0.05) is 6.92 Å². The van der Waals surface area contributed by atoms with Crippen molar-refractivity contribution in [2.24, 2.45) is 0 Å². The zero-order chi connectivity index (χ0) is 15.3. The van der Waals surface area contributed by atoms with Gasteiger partial charge in [0.2, 0.25) is 0 Å². The summed E-state index contributed by atoms with van der Waals surface area (Å²) in [6, 6.07) is 3.22. The Morgan fingerprint density at radius 1 is 1.43 bits per heavy atom. The smallest absolute Gasteiger partial charge is 0.165 e. The zero-order valence-corrected chi connectivity index (χ0v) is 12.4. The first-order valence-electron chi connectivity index (χ1n) is 7.56. The normalized spacial score (nSPS) is 25.8. The van der Waals surface area contributed by atoms with Crippen molar-refractivity contribution in [2.45, 2.75) is 50.7 Å². The van der Waals surface area contributed by atoms with E-state index in [2.05, 4.69) is 12.2 Å². The second-order valence-corrected chi connectivity index (χ2v) is 5.78. The van der Waals surface area contributed by atoms with Crippen LogP contribution in [0.1, 0.15) is 39.0 Å². The van der Waals surface area contributed by atoms with Crippen LogP contribution >= 0.6 is 0 Å². The highest BCUT2D eigenvalue weighted by Crippen LogP contribution is 2.32. The number of benzene rings is 1. The fourth-order valence-corrected chi connectivity index (χ4v) is 2.91. The van der Waals surface area contributed by atoms with Gasteiger partial charge in [-0.2, -0.15) is 0 Å². The van der Waals surface area contributed by atoms with Crippen molar-refractivity contribution >= 4 is 0 Å². The standard InChI is InChI=1S/C16H23F2NO2/c1-2-8-19-16(11-20)7-3-4-13(10-16)21-15-9-12(17)5-6-14(15)18/h5-6,9,13,19-20H,2-4,7-8,10-11H2,1H3. The zero-order valence-electron chi connectivity index (χ0n) is 12.4. The van der Waals surface area contributed by atoms with E-state index in [9.17, 15) is 13.9 Å². The van der Waals surface area contributed by atoms with E-state index < -0.39 is 11.6 Å². The molecule has 0 heterocycles. The third-order valence-corrected chi connectivity index (χ3v) is 4.04. The number of aliphatic hydroxyl groups is 1. The maximum atomic E-state index is 13.6. The summed E-state index contributed by atoms with van der Waals surface area (Å²) in [5, 5.41) is 13.1. The van der Waals surface area contributed by atoms with Crippen molar-refractivity contribution in [3.05, 3.63) is 29.8 Å². The molecule has 1 aliphatic rings. The number of rotatable bonds is 6. The van der Waals surface area contributed by atoms with E-state index in [-0.39, 0.29) is 24.0 Å². The molecule has 0 aliphatic heterocycles. The SMILES string of the molecule is CCCNC1(CO)CCCC(Oc2cc(F)ccc2F)C1. The minimum absolute atomic E-state index is 0.0263. The van der Waals surface area contributed by atoms with E-state index in [1.165, 1.54) is 0 Å². The first-order valence-corrected chi connectivity index (χ1v) is 7.56. The fraction of sp³-hybridized carbons (Fsp3) is 0.625. The molecule has 1 saturated carbocycles.